The predicted octanol–water partition coefficient (Wildman–Crippen LogP) is 3.73. The number of rotatable bonds is 3. The van der Waals surface area contributed by atoms with Crippen molar-refractivity contribution in [2.75, 3.05) is 13.1 Å². The smallest absolute Gasteiger partial charge is 0.247 e. The predicted molar refractivity (Wildman–Crippen MR) is 96.0 cm³/mol. The summed E-state index contributed by atoms with van der Waals surface area (Å²) in [6, 6.07) is 8.22. The van der Waals surface area contributed by atoms with Gasteiger partial charge in [-0.2, -0.15) is 0 Å². The van der Waals surface area contributed by atoms with Gasteiger partial charge in [0, 0.05) is 24.6 Å². The molecule has 0 radical (unpaired) electrons. The highest BCUT2D eigenvalue weighted by molar-refractivity contribution is 5.52. The van der Waals surface area contributed by atoms with E-state index in [1.165, 1.54) is 12.0 Å². The summed E-state index contributed by atoms with van der Waals surface area (Å²) >= 11 is 0. The van der Waals surface area contributed by atoms with Crippen LogP contribution >= 0.6 is 0 Å². The van der Waals surface area contributed by atoms with Crippen molar-refractivity contribution in [3.8, 4) is 11.5 Å². The molecule has 3 atom stereocenters. The van der Waals surface area contributed by atoms with Gasteiger partial charge in [0.05, 0.1) is 11.6 Å². The summed E-state index contributed by atoms with van der Waals surface area (Å²) < 4.78 is 5.96. The van der Waals surface area contributed by atoms with Crippen molar-refractivity contribution in [2.24, 2.45) is 5.92 Å². The minimum Gasteiger partial charge on any atom is -0.419 e. The first kappa shape index (κ1) is 16.7. The molecule has 25 heavy (non-hydrogen) atoms. The van der Waals surface area contributed by atoms with Gasteiger partial charge in [0.15, 0.2) is 0 Å². The van der Waals surface area contributed by atoms with Gasteiger partial charge in [0.1, 0.15) is 0 Å². The van der Waals surface area contributed by atoms with Crippen LogP contribution < -0.4 is 0 Å². The van der Waals surface area contributed by atoms with Crippen molar-refractivity contribution < 1.29 is 9.52 Å². The van der Waals surface area contributed by atoms with Crippen LogP contribution in [0.5, 0.6) is 0 Å². The second kappa shape index (κ2) is 6.54. The van der Waals surface area contributed by atoms with Crippen LogP contribution in [-0.2, 0) is 0 Å². The first-order chi connectivity index (χ1) is 12.0. The Labute approximate surface area is 149 Å². The van der Waals surface area contributed by atoms with Crippen LogP contribution in [0.3, 0.4) is 0 Å². The minimum atomic E-state index is -0.448. The fraction of sp³-hybridized carbons (Fsp3) is 0.600. The Balaban J connectivity index is 1.48. The second-order valence-electron chi connectivity index (χ2n) is 7.78. The van der Waals surface area contributed by atoms with Gasteiger partial charge in [-0.15, -0.1) is 10.2 Å². The van der Waals surface area contributed by atoms with E-state index in [0.29, 0.717) is 17.7 Å². The zero-order chi connectivity index (χ0) is 17.4. The van der Waals surface area contributed by atoms with Gasteiger partial charge < -0.3 is 9.52 Å². The Kier molecular flexibility index (Phi) is 4.38. The van der Waals surface area contributed by atoms with Crippen LogP contribution in [0.2, 0.25) is 0 Å². The van der Waals surface area contributed by atoms with Crippen molar-refractivity contribution in [1.29, 1.82) is 0 Å². The topological polar surface area (TPSA) is 62.4 Å². The van der Waals surface area contributed by atoms with E-state index >= 15 is 0 Å². The zero-order valence-electron chi connectivity index (χ0n) is 15.1. The molecule has 1 N–H and O–H groups in total. The first-order valence-corrected chi connectivity index (χ1v) is 9.42. The molecule has 2 aliphatic rings. The molecule has 2 heterocycles. The number of aryl methyl sites for hydroxylation is 1. The average Bonchev–Trinajstić information content (AvgIpc) is 3.11. The highest BCUT2D eigenvalue weighted by atomic mass is 16.4. The Hall–Kier alpha value is -1.72. The number of hydrogen-bond donors (Lipinski definition) is 1. The molecule has 5 heteroatoms. The third kappa shape index (κ3) is 3.23. The van der Waals surface area contributed by atoms with Gasteiger partial charge in [0.2, 0.25) is 11.8 Å². The molecule has 134 valence electrons. The number of piperidine rings is 1. The third-order valence-corrected chi connectivity index (χ3v) is 6.10. The van der Waals surface area contributed by atoms with E-state index < -0.39 is 5.60 Å². The standard InChI is InChI=1S/C20H27N3O2/c1-14-6-8-16(9-7-14)19-22-21-18(25-19)15(2)23-12-11-20(24)10-4-3-5-17(20)13-23/h6-9,15,17,24H,3-5,10-13H2,1-2H3. The Morgan fingerprint density at radius 2 is 2.00 bits per heavy atom. The maximum Gasteiger partial charge on any atom is 0.247 e. The highest BCUT2D eigenvalue weighted by Crippen LogP contribution is 2.41. The molecule has 1 aliphatic carbocycles. The molecule has 1 saturated heterocycles. The molecule has 4 rings (SSSR count). The Morgan fingerprint density at radius 1 is 1.20 bits per heavy atom. The molecule has 1 saturated carbocycles. The van der Waals surface area contributed by atoms with Crippen LogP contribution in [0.15, 0.2) is 28.7 Å². The molecule has 5 nitrogen and oxygen atoms in total. The molecule has 2 aromatic rings. The molecule has 3 unspecified atom stereocenters. The van der Waals surface area contributed by atoms with Gasteiger partial charge in [-0.05, 0) is 45.2 Å². The lowest BCUT2D eigenvalue weighted by Gasteiger charge is -2.48. The van der Waals surface area contributed by atoms with Crippen molar-refractivity contribution in [1.82, 2.24) is 15.1 Å². The van der Waals surface area contributed by atoms with Crippen LogP contribution in [0.25, 0.3) is 11.5 Å². The lowest BCUT2D eigenvalue weighted by molar-refractivity contribution is -0.103. The summed E-state index contributed by atoms with van der Waals surface area (Å²) in [5.74, 6) is 1.61. The fourth-order valence-electron chi connectivity index (χ4n) is 4.32. The summed E-state index contributed by atoms with van der Waals surface area (Å²) in [6.07, 6.45) is 5.32. The van der Waals surface area contributed by atoms with Crippen LogP contribution in [0, 0.1) is 12.8 Å². The van der Waals surface area contributed by atoms with E-state index in [2.05, 4.69) is 41.1 Å². The normalized spacial score (nSPS) is 28.5. The van der Waals surface area contributed by atoms with E-state index in [9.17, 15) is 5.11 Å². The van der Waals surface area contributed by atoms with E-state index in [1.807, 2.05) is 12.1 Å². The fourth-order valence-corrected chi connectivity index (χ4v) is 4.32. The van der Waals surface area contributed by atoms with E-state index in [-0.39, 0.29) is 6.04 Å². The van der Waals surface area contributed by atoms with Crippen molar-refractivity contribution >= 4 is 0 Å². The highest BCUT2D eigenvalue weighted by Gasteiger charge is 2.44. The van der Waals surface area contributed by atoms with E-state index in [0.717, 1.165) is 44.3 Å². The molecule has 1 aromatic carbocycles. The van der Waals surface area contributed by atoms with Gasteiger partial charge in [0.25, 0.3) is 0 Å². The number of aliphatic hydroxyl groups is 1. The Bertz CT molecular complexity index is 727. The number of fused-ring (bicyclic) bond motifs is 1. The maximum atomic E-state index is 10.9. The summed E-state index contributed by atoms with van der Waals surface area (Å²) in [5.41, 5.74) is 1.72. The zero-order valence-corrected chi connectivity index (χ0v) is 15.1. The van der Waals surface area contributed by atoms with E-state index in [1.54, 1.807) is 0 Å². The molecule has 0 bridgehead atoms. The number of hydrogen-bond acceptors (Lipinski definition) is 5. The number of nitrogens with zero attached hydrogens (tertiary/aromatic N) is 3. The maximum absolute atomic E-state index is 10.9. The molecule has 1 aliphatic heterocycles. The molecular weight excluding hydrogens is 314 g/mol. The number of benzene rings is 1. The Morgan fingerprint density at radius 3 is 2.80 bits per heavy atom. The van der Waals surface area contributed by atoms with Crippen LogP contribution in [-0.4, -0.2) is 38.9 Å². The number of likely N-dealkylation sites (tertiary alicyclic amines) is 1. The van der Waals surface area contributed by atoms with Crippen molar-refractivity contribution in [2.45, 2.75) is 57.6 Å². The number of aromatic nitrogens is 2. The third-order valence-electron chi connectivity index (χ3n) is 6.10. The van der Waals surface area contributed by atoms with Crippen LogP contribution in [0.4, 0.5) is 0 Å². The summed E-state index contributed by atoms with van der Waals surface area (Å²) in [6.45, 7) is 5.99. The van der Waals surface area contributed by atoms with Crippen molar-refractivity contribution in [3.05, 3.63) is 35.7 Å². The van der Waals surface area contributed by atoms with Gasteiger partial charge in [-0.3, -0.25) is 4.90 Å². The first-order valence-electron chi connectivity index (χ1n) is 9.42. The van der Waals surface area contributed by atoms with Gasteiger partial charge in [-0.1, -0.05) is 30.5 Å². The molecule has 2 fully saturated rings. The largest absolute Gasteiger partial charge is 0.419 e. The molecule has 0 spiro atoms. The van der Waals surface area contributed by atoms with Crippen molar-refractivity contribution in [3.63, 3.8) is 0 Å². The summed E-state index contributed by atoms with van der Waals surface area (Å²) in [7, 11) is 0. The average molecular weight is 341 g/mol. The summed E-state index contributed by atoms with van der Waals surface area (Å²) in [4.78, 5) is 2.39. The lowest BCUT2D eigenvalue weighted by Crippen LogP contribution is -2.53. The van der Waals surface area contributed by atoms with Gasteiger partial charge >= 0.3 is 0 Å². The SMILES string of the molecule is Cc1ccc(-c2nnc(C(C)N3CCC4(O)CCCCC4C3)o2)cc1. The minimum absolute atomic E-state index is 0.0816. The van der Waals surface area contributed by atoms with Gasteiger partial charge in [-0.25, -0.2) is 0 Å². The second-order valence-corrected chi connectivity index (χ2v) is 7.78. The molecular formula is C20H27N3O2. The van der Waals surface area contributed by atoms with Crippen LogP contribution in [0.1, 0.15) is 56.5 Å². The molecule has 0 amide bonds. The van der Waals surface area contributed by atoms with E-state index in [4.69, 9.17) is 4.42 Å². The monoisotopic (exact) mass is 341 g/mol. The lowest BCUT2D eigenvalue weighted by atomic mass is 9.71. The summed E-state index contributed by atoms with van der Waals surface area (Å²) in [5, 5.41) is 19.4. The quantitative estimate of drug-likeness (QED) is 0.921. The molecule has 1 aromatic heterocycles.